The molecule has 0 aliphatic heterocycles. The lowest BCUT2D eigenvalue weighted by Crippen LogP contribution is -2.24. The highest BCUT2D eigenvalue weighted by Gasteiger charge is 2.01. The first-order valence-corrected chi connectivity index (χ1v) is 6.48. The number of rotatable bonds is 5. The highest BCUT2D eigenvalue weighted by Crippen LogP contribution is 2.15. The van der Waals surface area contributed by atoms with Crippen molar-refractivity contribution in [2.24, 2.45) is 10.8 Å². The molecule has 0 aliphatic rings. The lowest BCUT2D eigenvalue weighted by atomic mass is 10.1. The molecule has 0 radical (unpaired) electrons. The Morgan fingerprint density at radius 2 is 2.00 bits per heavy atom. The summed E-state index contributed by atoms with van der Waals surface area (Å²) in [5.74, 6) is 0.674. The number of carbonyl (C=O) groups is 1. The Hall–Kier alpha value is -3.33. The summed E-state index contributed by atoms with van der Waals surface area (Å²) in [6.45, 7) is 0.320. The molecule has 2 rings (SSSR count). The number of hydrazone groups is 1. The second-order valence-electron chi connectivity index (χ2n) is 4.36. The van der Waals surface area contributed by atoms with Crippen molar-refractivity contribution in [2.75, 3.05) is 0 Å². The number of nitriles is 1. The van der Waals surface area contributed by atoms with Crippen LogP contribution in [0.15, 0.2) is 53.6 Å². The zero-order valence-electron chi connectivity index (χ0n) is 11.7. The minimum Gasteiger partial charge on any atom is -0.489 e. The number of primary amides is 1. The third-order valence-corrected chi connectivity index (χ3v) is 2.80. The van der Waals surface area contributed by atoms with E-state index in [2.05, 4.69) is 16.6 Å². The summed E-state index contributed by atoms with van der Waals surface area (Å²) in [6, 6.07) is 15.8. The van der Waals surface area contributed by atoms with E-state index in [1.54, 1.807) is 30.3 Å². The first kappa shape index (κ1) is 15.1. The largest absolute Gasteiger partial charge is 0.489 e. The molecule has 6 heteroatoms. The van der Waals surface area contributed by atoms with Crippen LogP contribution in [0.2, 0.25) is 0 Å². The fourth-order valence-electron chi connectivity index (χ4n) is 1.74. The van der Waals surface area contributed by atoms with Gasteiger partial charge in [0.2, 0.25) is 0 Å². The third-order valence-electron chi connectivity index (χ3n) is 2.80. The Morgan fingerprint density at radius 3 is 2.68 bits per heavy atom. The molecule has 22 heavy (non-hydrogen) atoms. The van der Waals surface area contributed by atoms with Gasteiger partial charge < -0.3 is 10.5 Å². The van der Waals surface area contributed by atoms with Crippen molar-refractivity contribution in [3.8, 4) is 11.8 Å². The Kier molecular flexibility index (Phi) is 5.10. The first-order chi connectivity index (χ1) is 10.7. The van der Waals surface area contributed by atoms with Gasteiger partial charge in [-0.2, -0.15) is 10.4 Å². The summed E-state index contributed by atoms with van der Waals surface area (Å²) in [5.41, 5.74) is 9.23. The number of urea groups is 1. The van der Waals surface area contributed by atoms with Crippen LogP contribution >= 0.6 is 0 Å². The van der Waals surface area contributed by atoms with Crippen molar-refractivity contribution < 1.29 is 9.53 Å². The summed E-state index contributed by atoms with van der Waals surface area (Å²) >= 11 is 0. The van der Waals surface area contributed by atoms with E-state index in [9.17, 15) is 4.79 Å². The number of hydrogen-bond donors (Lipinski definition) is 2. The van der Waals surface area contributed by atoms with Crippen LogP contribution < -0.4 is 15.9 Å². The summed E-state index contributed by atoms with van der Waals surface area (Å²) in [7, 11) is 0. The van der Waals surface area contributed by atoms with Crippen molar-refractivity contribution in [3.63, 3.8) is 0 Å². The average Bonchev–Trinajstić information content (AvgIpc) is 2.54. The molecule has 6 nitrogen and oxygen atoms in total. The number of nitrogens with two attached hydrogens (primary N) is 1. The van der Waals surface area contributed by atoms with E-state index in [-0.39, 0.29) is 0 Å². The molecule has 0 atom stereocenters. The van der Waals surface area contributed by atoms with Crippen molar-refractivity contribution in [3.05, 3.63) is 65.2 Å². The number of carbonyl (C=O) groups excluding carboxylic acids is 1. The summed E-state index contributed by atoms with van der Waals surface area (Å²) in [6.07, 6.45) is 1.47. The van der Waals surface area contributed by atoms with E-state index >= 15 is 0 Å². The van der Waals surface area contributed by atoms with Gasteiger partial charge >= 0.3 is 6.03 Å². The summed E-state index contributed by atoms with van der Waals surface area (Å²) in [5, 5.41) is 12.7. The molecule has 0 bridgehead atoms. The van der Waals surface area contributed by atoms with E-state index < -0.39 is 6.03 Å². The van der Waals surface area contributed by atoms with Gasteiger partial charge in [0.05, 0.1) is 17.8 Å². The number of ether oxygens (including phenoxy) is 1. The van der Waals surface area contributed by atoms with Gasteiger partial charge in [-0.15, -0.1) is 0 Å². The van der Waals surface area contributed by atoms with Crippen LogP contribution in [0.25, 0.3) is 0 Å². The molecule has 2 amide bonds. The normalized spacial score (nSPS) is 10.1. The highest BCUT2D eigenvalue weighted by atomic mass is 16.5. The number of nitrogens with one attached hydrogen (secondary N) is 1. The molecule has 2 aromatic carbocycles. The third kappa shape index (κ3) is 4.35. The second kappa shape index (κ2) is 7.45. The van der Waals surface area contributed by atoms with Crippen LogP contribution in [0.5, 0.6) is 5.75 Å². The number of nitrogens with zero attached hydrogens (tertiary/aromatic N) is 2. The number of hydrogen-bond acceptors (Lipinski definition) is 4. The van der Waals surface area contributed by atoms with E-state index in [1.165, 1.54) is 6.21 Å². The van der Waals surface area contributed by atoms with Crippen LogP contribution in [0.1, 0.15) is 16.7 Å². The van der Waals surface area contributed by atoms with Crippen LogP contribution in [0, 0.1) is 11.3 Å². The van der Waals surface area contributed by atoms with E-state index in [4.69, 9.17) is 15.7 Å². The van der Waals surface area contributed by atoms with Crippen molar-refractivity contribution >= 4 is 12.2 Å². The molecule has 0 spiro atoms. The second-order valence-corrected chi connectivity index (χ2v) is 4.36. The standard InChI is InChI=1S/C16H14N4O2/c17-9-13-3-1-2-4-14(13)11-22-15-7-5-12(6-8-15)10-19-20-16(18)21/h1-8,10H,11H2,(H3,18,20,21). The quantitative estimate of drug-likeness (QED) is 0.652. The van der Waals surface area contributed by atoms with Gasteiger partial charge in [-0.05, 0) is 35.9 Å². The van der Waals surface area contributed by atoms with Gasteiger partial charge in [0.1, 0.15) is 12.4 Å². The monoisotopic (exact) mass is 294 g/mol. The Labute approximate surface area is 127 Å². The Balaban J connectivity index is 1.96. The zero-order chi connectivity index (χ0) is 15.8. The number of benzene rings is 2. The predicted octanol–water partition coefficient (Wildman–Crippen LogP) is 2.14. The maximum absolute atomic E-state index is 10.5. The van der Waals surface area contributed by atoms with Crippen molar-refractivity contribution in [1.82, 2.24) is 5.43 Å². The molecule has 3 N–H and O–H groups in total. The maximum Gasteiger partial charge on any atom is 0.332 e. The SMILES string of the molecule is N#Cc1ccccc1COc1ccc(C=NNC(N)=O)cc1. The molecule has 0 aliphatic carbocycles. The average molecular weight is 294 g/mol. The maximum atomic E-state index is 10.5. The molecule has 0 saturated heterocycles. The Bertz CT molecular complexity index is 718. The topological polar surface area (TPSA) is 100 Å². The van der Waals surface area contributed by atoms with Crippen LogP contribution in [0.4, 0.5) is 4.79 Å². The summed E-state index contributed by atoms with van der Waals surface area (Å²) < 4.78 is 5.65. The molecule has 0 aromatic heterocycles. The highest BCUT2D eigenvalue weighted by molar-refractivity contribution is 5.81. The minimum absolute atomic E-state index is 0.320. The summed E-state index contributed by atoms with van der Waals surface area (Å²) in [4.78, 5) is 10.5. The van der Waals surface area contributed by atoms with Crippen molar-refractivity contribution in [1.29, 1.82) is 5.26 Å². The zero-order valence-corrected chi connectivity index (χ0v) is 11.7. The first-order valence-electron chi connectivity index (χ1n) is 6.48. The lowest BCUT2D eigenvalue weighted by Gasteiger charge is -2.07. The van der Waals surface area contributed by atoms with Crippen LogP contribution in [-0.2, 0) is 6.61 Å². The molecule has 2 aromatic rings. The van der Waals surface area contributed by atoms with Gasteiger partial charge in [0.25, 0.3) is 0 Å². The van der Waals surface area contributed by atoms with E-state index in [0.29, 0.717) is 17.9 Å². The van der Waals surface area contributed by atoms with Crippen LogP contribution in [-0.4, -0.2) is 12.2 Å². The van der Waals surface area contributed by atoms with Crippen LogP contribution in [0.3, 0.4) is 0 Å². The Morgan fingerprint density at radius 1 is 1.27 bits per heavy atom. The predicted molar refractivity (Wildman–Crippen MR) is 82.2 cm³/mol. The fraction of sp³-hybridized carbons (Fsp3) is 0.0625. The number of amides is 2. The van der Waals surface area contributed by atoms with E-state index in [0.717, 1.165) is 11.1 Å². The molecule has 0 saturated carbocycles. The molecule has 0 heterocycles. The molecular weight excluding hydrogens is 280 g/mol. The fourth-order valence-corrected chi connectivity index (χ4v) is 1.74. The van der Waals surface area contributed by atoms with Gasteiger partial charge in [-0.3, -0.25) is 0 Å². The molecular formula is C16H14N4O2. The molecule has 110 valence electrons. The minimum atomic E-state index is -0.715. The molecule has 0 fully saturated rings. The van der Waals surface area contributed by atoms with Gasteiger partial charge in [-0.25, -0.2) is 10.2 Å². The van der Waals surface area contributed by atoms with Crippen molar-refractivity contribution in [2.45, 2.75) is 6.61 Å². The van der Waals surface area contributed by atoms with Gasteiger partial charge in [-0.1, -0.05) is 18.2 Å². The van der Waals surface area contributed by atoms with Gasteiger partial charge in [0.15, 0.2) is 0 Å². The van der Waals surface area contributed by atoms with Gasteiger partial charge in [0, 0.05) is 5.56 Å². The van der Waals surface area contributed by atoms with E-state index in [1.807, 2.05) is 18.2 Å². The molecule has 0 unspecified atom stereocenters. The smallest absolute Gasteiger partial charge is 0.332 e. The lowest BCUT2D eigenvalue weighted by molar-refractivity contribution is 0.249.